The van der Waals surface area contributed by atoms with Gasteiger partial charge in [-0.15, -0.1) is 0 Å². The summed E-state index contributed by atoms with van der Waals surface area (Å²) in [6.45, 7) is 0.830. The van der Waals surface area contributed by atoms with Gasteiger partial charge < -0.3 is 5.32 Å². The standard InChI is InChI=1S/C14H22N2O2S/c1-16(2)19(17,18)14-8-4-3-7-13(14)15-11-5-6-12-9-10-12/h3-4,7-8,12,15H,5-6,9-11H2,1-2H3. The van der Waals surface area contributed by atoms with E-state index in [2.05, 4.69) is 5.32 Å². The Morgan fingerprint density at radius 2 is 1.95 bits per heavy atom. The van der Waals surface area contributed by atoms with E-state index in [-0.39, 0.29) is 0 Å². The summed E-state index contributed by atoms with van der Waals surface area (Å²) < 4.78 is 25.6. The number of rotatable bonds is 7. The Balaban J connectivity index is 2.03. The van der Waals surface area contributed by atoms with E-state index < -0.39 is 10.0 Å². The average Bonchev–Trinajstić information content (AvgIpc) is 3.19. The van der Waals surface area contributed by atoms with Gasteiger partial charge >= 0.3 is 0 Å². The van der Waals surface area contributed by atoms with E-state index in [1.807, 2.05) is 12.1 Å². The van der Waals surface area contributed by atoms with Crippen molar-refractivity contribution in [2.24, 2.45) is 5.92 Å². The predicted octanol–water partition coefficient (Wildman–Crippen LogP) is 2.54. The molecule has 0 saturated heterocycles. The molecule has 1 saturated carbocycles. The third-order valence-electron chi connectivity index (χ3n) is 3.45. The van der Waals surface area contributed by atoms with Crippen LogP contribution >= 0.6 is 0 Å². The highest BCUT2D eigenvalue weighted by atomic mass is 32.2. The Kier molecular flexibility index (Phi) is 4.47. The number of benzene rings is 1. The van der Waals surface area contributed by atoms with Crippen LogP contribution in [0.5, 0.6) is 0 Å². The van der Waals surface area contributed by atoms with Crippen molar-refractivity contribution in [1.29, 1.82) is 0 Å². The molecule has 0 aromatic heterocycles. The fraction of sp³-hybridized carbons (Fsp3) is 0.571. The summed E-state index contributed by atoms with van der Waals surface area (Å²) in [5.74, 6) is 0.919. The van der Waals surface area contributed by atoms with Crippen molar-refractivity contribution in [2.75, 3.05) is 26.0 Å². The summed E-state index contributed by atoms with van der Waals surface area (Å²) in [6.07, 6.45) is 5.08. The van der Waals surface area contributed by atoms with Crippen molar-refractivity contribution < 1.29 is 8.42 Å². The van der Waals surface area contributed by atoms with Crippen molar-refractivity contribution in [3.05, 3.63) is 24.3 Å². The maximum absolute atomic E-state index is 12.2. The van der Waals surface area contributed by atoms with Crippen molar-refractivity contribution in [2.45, 2.75) is 30.6 Å². The van der Waals surface area contributed by atoms with Crippen LogP contribution in [0.3, 0.4) is 0 Å². The molecule has 19 heavy (non-hydrogen) atoms. The van der Waals surface area contributed by atoms with Gasteiger partial charge in [0.1, 0.15) is 4.90 Å². The fourth-order valence-corrected chi connectivity index (χ4v) is 3.12. The quantitative estimate of drug-likeness (QED) is 0.782. The lowest BCUT2D eigenvalue weighted by Crippen LogP contribution is -2.23. The highest BCUT2D eigenvalue weighted by Crippen LogP contribution is 2.33. The number of hydrogen-bond donors (Lipinski definition) is 1. The number of hydrogen-bond acceptors (Lipinski definition) is 3. The molecule has 1 aliphatic carbocycles. The molecule has 1 aliphatic rings. The predicted molar refractivity (Wildman–Crippen MR) is 77.8 cm³/mol. The summed E-state index contributed by atoms with van der Waals surface area (Å²) in [4.78, 5) is 0.353. The Hall–Kier alpha value is -1.07. The van der Waals surface area contributed by atoms with Crippen molar-refractivity contribution in [3.8, 4) is 0 Å². The molecule has 1 N–H and O–H groups in total. The lowest BCUT2D eigenvalue weighted by molar-refractivity contribution is 0.521. The fourth-order valence-electron chi connectivity index (χ4n) is 2.05. The van der Waals surface area contributed by atoms with Gasteiger partial charge in [-0.2, -0.15) is 0 Å². The Morgan fingerprint density at radius 1 is 1.26 bits per heavy atom. The third kappa shape index (κ3) is 3.70. The molecule has 0 aliphatic heterocycles. The van der Waals surface area contributed by atoms with E-state index in [1.54, 1.807) is 26.2 Å². The molecule has 0 radical (unpaired) electrons. The SMILES string of the molecule is CN(C)S(=O)(=O)c1ccccc1NCCCC1CC1. The van der Waals surface area contributed by atoms with Crippen molar-refractivity contribution >= 4 is 15.7 Å². The van der Waals surface area contributed by atoms with E-state index >= 15 is 0 Å². The largest absolute Gasteiger partial charge is 0.384 e. The van der Waals surface area contributed by atoms with Crippen LogP contribution in [0.25, 0.3) is 0 Å². The molecule has 4 nitrogen and oxygen atoms in total. The van der Waals surface area contributed by atoms with E-state index in [0.717, 1.165) is 18.9 Å². The van der Waals surface area contributed by atoms with Crippen LogP contribution in [-0.4, -0.2) is 33.4 Å². The minimum Gasteiger partial charge on any atom is -0.384 e. The first-order valence-electron chi connectivity index (χ1n) is 6.77. The van der Waals surface area contributed by atoms with Gasteiger partial charge in [-0.1, -0.05) is 25.0 Å². The number of sulfonamides is 1. The van der Waals surface area contributed by atoms with Crippen molar-refractivity contribution in [3.63, 3.8) is 0 Å². The topological polar surface area (TPSA) is 49.4 Å². The smallest absolute Gasteiger partial charge is 0.244 e. The maximum atomic E-state index is 12.2. The first kappa shape index (κ1) is 14.3. The molecule has 1 aromatic rings. The van der Waals surface area contributed by atoms with Crippen LogP contribution in [0.2, 0.25) is 0 Å². The second kappa shape index (κ2) is 5.92. The van der Waals surface area contributed by atoms with Gasteiger partial charge in [0.25, 0.3) is 0 Å². The highest BCUT2D eigenvalue weighted by Gasteiger charge is 2.22. The second-order valence-corrected chi connectivity index (χ2v) is 7.42. The van der Waals surface area contributed by atoms with Crippen LogP contribution in [-0.2, 0) is 10.0 Å². The Labute approximate surface area is 115 Å². The van der Waals surface area contributed by atoms with Crippen LogP contribution in [0.15, 0.2) is 29.2 Å². The summed E-state index contributed by atoms with van der Waals surface area (Å²) in [5, 5.41) is 3.25. The summed E-state index contributed by atoms with van der Waals surface area (Å²) >= 11 is 0. The molecule has 2 rings (SSSR count). The van der Waals surface area contributed by atoms with Gasteiger partial charge in [-0.25, -0.2) is 12.7 Å². The number of nitrogens with one attached hydrogen (secondary N) is 1. The minimum absolute atomic E-state index is 0.353. The highest BCUT2D eigenvalue weighted by molar-refractivity contribution is 7.89. The molecule has 0 amide bonds. The van der Waals surface area contributed by atoms with Crippen LogP contribution < -0.4 is 5.32 Å². The van der Waals surface area contributed by atoms with Gasteiger partial charge in [0.05, 0.1) is 5.69 Å². The second-order valence-electron chi connectivity index (χ2n) is 5.30. The summed E-state index contributed by atoms with van der Waals surface area (Å²) in [6, 6.07) is 7.09. The van der Waals surface area contributed by atoms with Crippen LogP contribution in [0, 0.1) is 5.92 Å². The third-order valence-corrected chi connectivity index (χ3v) is 5.32. The van der Waals surface area contributed by atoms with E-state index in [0.29, 0.717) is 10.6 Å². The average molecular weight is 282 g/mol. The molecular weight excluding hydrogens is 260 g/mol. The zero-order valence-corrected chi connectivity index (χ0v) is 12.4. The number of anilines is 1. The molecule has 0 bridgehead atoms. The number of para-hydroxylation sites is 1. The molecule has 0 unspecified atom stereocenters. The van der Waals surface area contributed by atoms with E-state index in [4.69, 9.17) is 0 Å². The van der Waals surface area contributed by atoms with Crippen LogP contribution in [0.1, 0.15) is 25.7 Å². The molecule has 5 heteroatoms. The molecule has 0 spiro atoms. The first-order chi connectivity index (χ1) is 9.01. The number of nitrogens with zero attached hydrogens (tertiary/aromatic N) is 1. The van der Waals surface area contributed by atoms with Gasteiger partial charge in [0.2, 0.25) is 10.0 Å². The lowest BCUT2D eigenvalue weighted by Gasteiger charge is -2.16. The molecule has 0 atom stereocenters. The van der Waals surface area contributed by atoms with Gasteiger partial charge in [-0.3, -0.25) is 0 Å². The first-order valence-corrected chi connectivity index (χ1v) is 8.21. The van der Waals surface area contributed by atoms with Crippen molar-refractivity contribution in [1.82, 2.24) is 4.31 Å². The van der Waals surface area contributed by atoms with E-state index in [9.17, 15) is 8.42 Å². The monoisotopic (exact) mass is 282 g/mol. The summed E-state index contributed by atoms with van der Waals surface area (Å²) in [7, 11) is -0.268. The lowest BCUT2D eigenvalue weighted by atomic mass is 10.2. The van der Waals surface area contributed by atoms with Gasteiger partial charge in [-0.05, 0) is 30.9 Å². The van der Waals surface area contributed by atoms with Crippen LogP contribution in [0.4, 0.5) is 5.69 Å². The molecule has 0 heterocycles. The zero-order valence-electron chi connectivity index (χ0n) is 11.6. The molecule has 1 aromatic carbocycles. The Bertz CT molecular complexity index is 522. The van der Waals surface area contributed by atoms with E-state index in [1.165, 1.54) is 23.6 Å². The Morgan fingerprint density at radius 3 is 2.58 bits per heavy atom. The molecule has 1 fully saturated rings. The molecular formula is C14H22N2O2S. The van der Waals surface area contributed by atoms with Gasteiger partial charge in [0, 0.05) is 20.6 Å². The van der Waals surface area contributed by atoms with Gasteiger partial charge in [0.15, 0.2) is 0 Å². The normalized spacial score (nSPS) is 15.7. The minimum atomic E-state index is -3.38. The maximum Gasteiger partial charge on any atom is 0.244 e. The molecule has 106 valence electrons. The zero-order chi connectivity index (χ0) is 13.9. The summed E-state index contributed by atoms with van der Waals surface area (Å²) in [5.41, 5.74) is 0.701.